The van der Waals surface area contributed by atoms with Gasteiger partial charge in [0.25, 0.3) is 0 Å². The zero-order valence-electron chi connectivity index (χ0n) is 21.9. The Morgan fingerprint density at radius 1 is 0.529 bits per heavy atom. The van der Waals surface area contributed by atoms with Gasteiger partial charge in [0, 0.05) is 11.1 Å². The number of rotatable bonds is 6. The third kappa shape index (κ3) is 4.89. The lowest BCUT2D eigenvalue weighted by Crippen LogP contribution is -2.04. The third-order valence-corrected chi connectivity index (χ3v) is 7.04. The van der Waals surface area contributed by atoms with Crippen LogP contribution in [0.4, 0.5) is 0 Å². The van der Waals surface area contributed by atoms with Crippen LogP contribution < -0.4 is 9.47 Å². The predicted molar refractivity (Wildman–Crippen MR) is 144 cm³/mol. The molecule has 2 aromatic carbocycles. The number of ether oxygens (including phenoxy) is 2. The molecule has 0 spiro atoms. The normalized spacial score (nSPS) is 11.7. The van der Waals surface area contributed by atoms with E-state index in [1.807, 2.05) is 0 Å². The molecule has 0 saturated carbocycles. The summed E-state index contributed by atoms with van der Waals surface area (Å²) in [6, 6.07) is 4.40. The van der Waals surface area contributed by atoms with E-state index >= 15 is 0 Å². The van der Waals surface area contributed by atoms with Crippen molar-refractivity contribution in [2.75, 3.05) is 14.2 Å². The molecule has 184 valence electrons. The summed E-state index contributed by atoms with van der Waals surface area (Å²) in [5.41, 5.74) is 8.86. The van der Waals surface area contributed by atoms with Crippen molar-refractivity contribution in [3.8, 4) is 11.5 Å². The summed E-state index contributed by atoms with van der Waals surface area (Å²) in [6.07, 6.45) is 0. The Balaban J connectivity index is 0.000000196. The topological polar surface area (TPSA) is 70.0 Å². The fourth-order valence-corrected chi connectivity index (χ4v) is 5.48. The predicted octanol–water partition coefficient (Wildman–Crippen LogP) is 7.89. The molecule has 0 saturated heterocycles. The lowest BCUT2D eigenvalue weighted by atomic mass is 9.92. The van der Waals surface area contributed by atoms with E-state index in [1.54, 1.807) is 14.2 Å². The second-order valence-corrected chi connectivity index (χ2v) is 10.7. The molecular formula is C26H36N4O2S2. The molecule has 0 bridgehead atoms. The Labute approximate surface area is 211 Å². The summed E-state index contributed by atoms with van der Waals surface area (Å²) < 4.78 is 29.0. The summed E-state index contributed by atoms with van der Waals surface area (Å²) in [5, 5.41) is 0. The highest BCUT2D eigenvalue weighted by Gasteiger charge is 2.26. The van der Waals surface area contributed by atoms with Gasteiger partial charge in [-0.1, -0.05) is 67.5 Å². The molecule has 6 nitrogen and oxygen atoms in total. The van der Waals surface area contributed by atoms with Gasteiger partial charge in [-0.2, -0.15) is 17.5 Å². The molecule has 0 unspecified atom stereocenters. The molecule has 0 aliphatic rings. The highest BCUT2D eigenvalue weighted by atomic mass is 32.1. The molecule has 0 radical (unpaired) electrons. The Kier molecular flexibility index (Phi) is 8.47. The van der Waals surface area contributed by atoms with Crippen molar-refractivity contribution < 1.29 is 9.47 Å². The van der Waals surface area contributed by atoms with Gasteiger partial charge in [-0.3, -0.25) is 0 Å². The van der Waals surface area contributed by atoms with Gasteiger partial charge in [0.15, 0.2) is 11.5 Å². The van der Waals surface area contributed by atoms with Crippen LogP contribution in [0.25, 0.3) is 22.1 Å². The summed E-state index contributed by atoms with van der Waals surface area (Å²) in [6.45, 7) is 17.3. The maximum absolute atomic E-state index is 5.61. The highest BCUT2D eigenvalue weighted by Crippen LogP contribution is 2.46. The van der Waals surface area contributed by atoms with Crippen molar-refractivity contribution in [3.63, 3.8) is 0 Å². The average molecular weight is 501 g/mol. The molecular weight excluding hydrogens is 464 g/mol. The molecule has 0 amide bonds. The summed E-state index contributed by atoms with van der Waals surface area (Å²) in [5.74, 6) is 3.21. The number of benzene rings is 2. The number of nitrogens with zero attached hydrogens (tertiary/aromatic N) is 4. The van der Waals surface area contributed by atoms with Crippen LogP contribution in [0.15, 0.2) is 12.1 Å². The first kappa shape index (κ1) is 26.3. The van der Waals surface area contributed by atoms with Crippen molar-refractivity contribution >= 4 is 45.5 Å². The van der Waals surface area contributed by atoms with Crippen molar-refractivity contribution in [2.24, 2.45) is 0 Å². The van der Waals surface area contributed by atoms with E-state index in [9.17, 15) is 0 Å². The largest absolute Gasteiger partial charge is 0.492 e. The van der Waals surface area contributed by atoms with Gasteiger partial charge >= 0.3 is 0 Å². The van der Waals surface area contributed by atoms with Gasteiger partial charge in [-0.05, 0) is 34.8 Å². The zero-order chi connectivity index (χ0) is 25.2. The minimum Gasteiger partial charge on any atom is -0.492 e. The smallest absolute Gasteiger partial charge is 0.166 e. The number of hydrogen-bond acceptors (Lipinski definition) is 8. The van der Waals surface area contributed by atoms with Crippen LogP contribution in [0.1, 0.15) is 101 Å². The first-order chi connectivity index (χ1) is 16.1. The van der Waals surface area contributed by atoms with Crippen LogP contribution in [0, 0.1) is 0 Å². The van der Waals surface area contributed by atoms with Gasteiger partial charge in [0.1, 0.15) is 22.1 Å². The maximum atomic E-state index is 5.61. The second kappa shape index (κ2) is 11.0. The van der Waals surface area contributed by atoms with E-state index in [4.69, 9.17) is 9.47 Å². The lowest BCUT2D eigenvalue weighted by Gasteiger charge is -2.20. The molecule has 2 heterocycles. The molecule has 8 heteroatoms. The fourth-order valence-electron chi connectivity index (χ4n) is 4.31. The van der Waals surface area contributed by atoms with Crippen LogP contribution in [0.2, 0.25) is 0 Å². The monoisotopic (exact) mass is 500 g/mol. The molecule has 0 fully saturated rings. The van der Waals surface area contributed by atoms with Crippen LogP contribution in [-0.4, -0.2) is 31.7 Å². The minimum absolute atomic E-state index is 0.302. The molecule has 2 aromatic heterocycles. The molecule has 4 rings (SSSR count). The maximum Gasteiger partial charge on any atom is 0.166 e. The number of aromatic nitrogens is 4. The standard InChI is InChI=1S/C14H20N2O2S.C12H16N2S/c1-7(2)9-11-12(16-19-15-11)10(8(3)4)14(18-6)13(9)17-5;1-7(2)9-5-6-10(8(3)4)12-11(9)13-15-14-12/h7-8H,1-6H3;5-8H,1-4H3. The molecule has 34 heavy (non-hydrogen) atoms. The van der Waals surface area contributed by atoms with Gasteiger partial charge in [0.2, 0.25) is 0 Å². The van der Waals surface area contributed by atoms with Crippen molar-refractivity contribution in [3.05, 3.63) is 34.4 Å². The Morgan fingerprint density at radius 3 is 1.12 bits per heavy atom. The first-order valence-electron chi connectivity index (χ1n) is 11.8. The SMILES string of the molecule is CC(C)c1ccc(C(C)C)c2nsnc12.COc1c(OC)c(C(C)C)c2nsnc2c1C(C)C. The minimum atomic E-state index is 0.302. The highest BCUT2D eigenvalue weighted by molar-refractivity contribution is 7.00. The fraction of sp³-hybridized carbons (Fsp3) is 0.538. The average Bonchev–Trinajstić information content (AvgIpc) is 3.45. The summed E-state index contributed by atoms with van der Waals surface area (Å²) in [4.78, 5) is 0. The van der Waals surface area contributed by atoms with Gasteiger partial charge < -0.3 is 9.47 Å². The van der Waals surface area contributed by atoms with Crippen LogP contribution >= 0.6 is 23.5 Å². The van der Waals surface area contributed by atoms with Crippen LogP contribution in [0.3, 0.4) is 0 Å². The molecule has 0 aliphatic heterocycles. The van der Waals surface area contributed by atoms with E-state index < -0.39 is 0 Å². The molecule has 4 aromatic rings. The van der Waals surface area contributed by atoms with E-state index in [-0.39, 0.29) is 0 Å². The zero-order valence-corrected chi connectivity index (χ0v) is 23.5. The molecule has 0 aliphatic carbocycles. The van der Waals surface area contributed by atoms with Crippen molar-refractivity contribution in [1.82, 2.24) is 17.5 Å². The number of methoxy groups -OCH3 is 2. The quantitative estimate of drug-likeness (QED) is 0.268. The van der Waals surface area contributed by atoms with Crippen LogP contribution in [-0.2, 0) is 0 Å². The van der Waals surface area contributed by atoms with E-state index in [1.165, 1.54) is 34.6 Å². The first-order valence-corrected chi connectivity index (χ1v) is 13.2. The van der Waals surface area contributed by atoms with E-state index in [0.29, 0.717) is 23.7 Å². The summed E-state index contributed by atoms with van der Waals surface area (Å²) in [7, 11) is 3.36. The van der Waals surface area contributed by atoms with E-state index in [0.717, 1.165) is 44.7 Å². The summed E-state index contributed by atoms with van der Waals surface area (Å²) >= 11 is 2.56. The van der Waals surface area contributed by atoms with E-state index in [2.05, 4.69) is 85.0 Å². The van der Waals surface area contributed by atoms with Crippen molar-refractivity contribution in [1.29, 1.82) is 0 Å². The Bertz CT molecular complexity index is 1170. The second-order valence-electron chi connectivity index (χ2n) is 9.68. The molecule has 0 N–H and O–H groups in total. The number of hydrogen-bond donors (Lipinski definition) is 0. The van der Waals surface area contributed by atoms with Crippen LogP contribution in [0.5, 0.6) is 11.5 Å². The van der Waals surface area contributed by atoms with Crippen molar-refractivity contribution in [2.45, 2.75) is 79.1 Å². The Hall–Kier alpha value is -2.32. The number of fused-ring (bicyclic) bond motifs is 2. The van der Waals surface area contributed by atoms with Gasteiger partial charge in [0.05, 0.1) is 37.7 Å². The molecule has 0 atom stereocenters. The van der Waals surface area contributed by atoms with Gasteiger partial charge in [-0.15, -0.1) is 0 Å². The third-order valence-electron chi connectivity index (χ3n) is 5.98. The Morgan fingerprint density at radius 2 is 0.853 bits per heavy atom. The lowest BCUT2D eigenvalue weighted by molar-refractivity contribution is 0.347. The van der Waals surface area contributed by atoms with Gasteiger partial charge in [-0.25, -0.2) is 0 Å².